The van der Waals surface area contributed by atoms with Gasteiger partial charge in [-0.25, -0.2) is 0 Å². The quantitative estimate of drug-likeness (QED) is 0.868. The maximum absolute atomic E-state index is 7.68. The van der Waals surface area contributed by atoms with E-state index in [2.05, 4.69) is 32.3 Å². The summed E-state index contributed by atoms with van der Waals surface area (Å²) in [6.07, 6.45) is 2.10. The lowest BCUT2D eigenvalue weighted by molar-refractivity contribution is 0.450. The van der Waals surface area contributed by atoms with Crippen molar-refractivity contribution in [2.75, 3.05) is 6.54 Å². The maximum Gasteiger partial charge on any atom is 0.0961 e. The summed E-state index contributed by atoms with van der Waals surface area (Å²) in [5, 5.41) is 9.77. The third-order valence-electron chi connectivity index (χ3n) is 2.19. The Morgan fingerprint density at radius 3 is 3.00 bits per heavy atom. The molecule has 70 valence electrons. The van der Waals surface area contributed by atoms with Gasteiger partial charge in [-0.2, -0.15) is 0 Å². The Balaban J connectivity index is 2.01. The van der Waals surface area contributed by atoms with Gasteiger partial charge in [0.25, 0.3) is 0 Å². The van der Waals surface area contributed by atoms with E-state index >= 15 is 0 Å². The summed E-state index contributed by atoms with van der Waals surface area (Å²) in [4.78, 5) is 3.48. The van der Waals surface area contributed by atoms with E-state index in [0.717, 1.165) is 36.2 Å². The molecule has 1 N–H and O–H groups in total. The second kappa shape index (κ2) is 3.80. The fraction of sp³-hybridized carbons (Fsp3) is 0.444. The molecule has 2 rings (SSSR count). The molecular weight excluding hydrogens is 248 g/mol. The van der Waals surface area contributed by atoms with Crippen molar-refractivity contribution >= 4 is 33.1 Å². The molecular formula is C9H11BrN2S. The number of halogens is 1. The average molecular weight is 259 g/mol. The van der Waals surface area contributed by atoms with Crippen LogP contribution in [0.5, 0.6) is 0 Å². The Morgan fingerprint density at radius 1 is 1.62 bits per heavy atom. The van der Waals surface area contributed by atoms with Crippen LogP contribution in [0, 0.1) is 5.41 Å². The van der Waals surface area contributed by atoms with Crippen molar-refractivity contribution in [3.63, 3.8) is 0 Å². The van der Waals surface area contributed by atoms with Crippen LogP contribution in [-0.4, -0.2) is 17.3 Å². The summed E-state index contributed by atoms with van der Waals surface area (Å²) in [5.74, 6) is 0.796. The Bertz CT molecular complexity index is 321. The van der Waals surface area contributed by atoms with E-state index in [0.29, 0.717) is 0 Å². The van der Waals surface area contributed by atoms with E-state index < -0.39 is 0 Å². The first kappa shape index (κ1) is 9.21. The zero-order valence-electron chi connectivity index (χ0n) is 7.22. The minimum atomic E-state index is 0.796. The molecule has 0 unspecified atom stereocenters. The predicted molar refractivity (Wildman–Crippen MR) is 59.4 cm³/mol. The predicted octanol–water partition coefficient (Wildman–Crippen LogP) is 3.08. The van der Waals surface area contributed by atoms with E-state index in [4.69, 9.17) is 5.41 Å². The highest BCUT2D eigenvalue weighted by Crippen LogP contribution is 2.23. The van der Waals surface area contributed by atoms with Gasteiger partial charge in [-0.3, -0.25) is 5.41 Å². The average Bonchev–Trinajstić information content (AvgIpc) is 2.64. The SMILES string of the molecule is N=C1CCCN1Cc1cc(Br)cs1. The Kier molecular flexibility index (Phi) is 2.69. The van der Waals surface area contributed by atoms with Gasteiger partial charge in [-0.1, -0.05) is 0 Å². The highest BCUT2D eigenvalue weighted by atomic mass is 79.9. The van der Waals surface area contributed by atoms with Gasteiger partial charge in [0, 0.05) is 27.7 Å². The lowest BCUT2D eigenvalue weighted by Gasteiger charge is -2.15. The Hall–Kier alpha value is -0.350. The van der Waals surface area contributed by atoms with Gasteiger partial charge in [0.15, 0.2) is 0 Å². The van der Waals surface area contributed by atoms with Crippen molar-refractivity contribution in [1.82, 2.24) is 4.90 Å². The molecule has 1 aromatic heterocycles. The summed E-state index contributed by atoms with van der Waals surface area (Å²) in [5.41, 5.74) is 0. The molecule has 0 saturated carbocycles. The molecule has 0 amide bonds. The first-order chi connectivity index (χ1) is 6.25. The van der Waals surface area contributed by atoms with Crippen molar-refractivity contribution in [3.05, 3.63) is 20.8 Å². The van der Waals surface area contributed by atoms with Crippen LogP contribution in [0.4, 0.5) is 0 Å². The lowest BCUT2D eigenvalue weighted by atomic mass is 10.4. The van der Waals surface area contributed by atoms with Crippen molar-refractivity contribution in [3.8, 4) is 0 Å². The van der Waals surface area contributed by atoms with Crippen molar-refractivity contribution in [1.29, 1.82) is 5.41 Å². The monoisotopic (exact) mass is 258 g/mol. The van der Waals surface area contributed by atoms with Crippen LogP contribution in [0.1, 0.15) is 17.7 Å². The summed E-state index contributed by atoms with van der Waals surface area (Å²) >= 11 is 5.19. The number of likely N-dealkylation sites (tertiary alicyclic amines) is 1. The number of amidine groups is 1. The zero-order valence-corrected chi connectivity index (χ0v) is 9.62. The molecule has 0 atom stereocenters. The van der Waals surface area contributed by atoms with Gasteiger partial charge in [0.1, 0.15) is 0 Å². The zero-order chi connectivity index (χ0) is 9.26. The summed E-state index contributed by atoms with van der Waals surface area (Å²) < 4.78 is 1.15. The van der Waals surface area contributed by atoms with Gasteiger partial charge >= 0.3 is 0 Å². The molecule has 0 bridgehead atoms. The molecule has 0 aromatic carbocycles. The lowest BCUT2D eigenvalue weighted by Crippen LogP contribution is -2.22. The number of thiophene rings is 1. The third kappa shape index (κ3) is 2.11. The first-order valence-electron chi connectivity index (χ1n) is 4.31. The van der Waals surface area contributed by atoms with Crippen LogP contribution < -0.4 is 0 Å². The summed E-state index contributed by atoms with van der Waals surface area (Å²) in [7, 11) is 0. The van der Waals surface area contributed by atoms with Gasteiger partial charge < -0.3 is 4.90 Å². The molecule has 0 aliphatic carbocycles. The second-order valence-corrected chi connectivity index (χ2v) is 5.11. The fourth-order valence-electron chi connectivity index (χ4n) is 1.53. The summed E-state index contributed by atoms with van der Waals surface area (Å²) in [6, 6.07) is 2.14. The minimum absolute atomic E-state index is 0.796. The highest BCUT2D eigenvalue weighted by Gasteiger charge is 2.17. The Morgan fingerprint density at radius 2 is 2.46 bits per heavy atom. The van der Waals surface area contributed by atoms with Crippen LogP contribution >= 0.6 is 27.3 Å². The molecule has 4 heteroatoms. The molecule has 1 saturated heterocycles. The number of hydrogen-bond acceptors (Lipinski definition) is 2. The van der Waals surface area contributed by atoms with Crippen LogP contribution in [0.2, 0.25) is 0 Å². The molecule has 1 fully saturated rings. The van der Waals surface area contributed by atoms with Gasteiger partial charge in [-0.15, -0.1) is 11.3 Å². The molecule has 2 heterocycles. The maximum atomic E-state index is 7.68. The van der Waals surface area contributed by atoms with Crippen molar-refractivity contribution in [2.24, 2.45) is 0 Å². The summed E-state index contributed by atoms with van der Waals surface area (Å²) in [6.45, 7) is 1.96. The topological polar surface area (TPSA) is 27.1 Å². The standard InChI is InChI=1S/C9H11BrN2S/c10-7-4-8(13-6-7)5-12-3-1-2-9(12)11/h4,6,11H,1-3,5H2. The third-order valence-corrected chi connectivity index (χ3v) is 3.87. The van der Waals surface area contributed by atoms with Crippen molar-refractivity contribution < 1.29 is 0 Å². The molecule has 2 nitrogen and oxygen atoms in total. The normalized spacial score (nSPS) is 17.0. The van der Waals surface area contributed by atoms with Crippen LogP contribution in [-0.2, 0) is 6.54 Å². The van der Waals surface area contributed by atoms with Crippen LogP contribution in [0.25, 0.3) is 0 Å². The van der Waals surface area contributed by atoms with Crippen molar-refractivity contribution in [2.45, 2.75) is 19.4 Å². The molecule has 1 aromatic rings. The molecule has 1 aliphatic rings. The highest BCUT2D eigenvalue weighted by molar-refractivity contribution is 9.10. The van der Waals surface area contributed by atoms with Gasteiger partial charge in [0.05, 0.1) is 12.4 Å². The Labute approximate surface area is 90.2 Å². The van der Waals surface area contributed by atoms with E-state index in [1.54, 1.807) is 11.3 Å². The van der Waals surface area contributed by atoms with Gasteiger partial charge in [-0.05, 0) is 28.4 Å². The smallest absolute Gasteiger partial charge is 0.0961 e. The van der Waals surface area contributed by atoms with Crippen LogP contribution in [0.3, 0.4) is 0 Å². The molecule has 0 spiro atoms. The van der Waals surface area contributed by atoms with E-state index in [9.17, 15) is 0 Å². The van der Waals surface area contributed by atoms with E-state index in [-0.39, 0.29) is 0 Å². The number of nitrogens with one attached hydrogen (secondary N) is 1. The van der Waals surface area contributed by atoms with E-state index in [1.165, 1.54) is 4.88 Å². The van der Waals surface area contributed by atoms with E-state index in [1.807, 2.05) is 0 Å². The molecule has 0 radical (unpaired) electrons. The molecule has 1 aliphatic heterocycles. The number of nitrogens with zero attached hydrogens (tertiary/aromatic N) is 1. The minimum Gasteiger partial charge on any atom is -0.355 e. The first-order valence-corrected chi connectivity index (χ1v) is 5.98. The van der Waals surface area contributed by atoms with Gasteiger partial charge in [0.2, 0.25) is 0 Å². The van der Waals surface area contributed by atoms with Crippen LogP contribution in [0.15, 0.2) is 15.9 Å². The largest absolute Gasteiger partial charge is 0.355 e. The number of hydrogen-bond donors (Lipinski definition) is 1. The second-order valence-electron chi connectivity index (χ2n) is 3.20. The molecule has 13 heavy (non-hydrogen) atoms. The fourth-order valence-corrected chi connectivity index (χ4v) is 3.00. The number of rotatable bonds is 2.